The van der Waals surface area contributed by atoms with Crippen LogP contribution in [0.25, 0.3) is 0 Å². The van der Waals surface area contributed by atoms with E-state index in [1.54, 1.807) is 0 Å². The molecule has 4 heteroatoms. The number of benzene rings is 2. The van der Waals surface area contributed by atoms with E-state index in [1.165, 1.54) is 20.9 Å². The summed E-state index contributed by atoms with van der Waals surface area (Å²) in [4.78, 5) is 15.6. The molecule has 0 saturated carbocycles. The summed E-state index contributed by atoms with van der Waals surface area (Å²) in [7, 11) is 0. The van der Waals surface area contributed by atoms with Crippen LogP contribution in [-0.4, -0.2) is 19.0 Å². The van der Waals surface area contributed by atoms with Gasteiger partial charge in [0, 0.05) is 22.5 Å². The maximum Gasteiger partial charge on any atom is 0.279 e. The van der Waals surface area contributed by atoms with Gasteiger partial charge in [0.05, 0.1) is 6.54 Å². The lowest BCUT2D eigenvalue weighted by atomic mass is 10.0. The van der Waals surface area contributed by atoms with E-state index in [0.29, 0.717) is 12.6 Å². The minimum absolute atomic E-state index is 0.0936. The minimum atomic E-state index is 0.0936. The van der Waals surface area contributed by atoms with Gasteiger partial charge in [-0.1, -0.05) is 48.5 Å². The molecule has 0 fully saturated rings. The Morgan fingerprint density at radius 2 is 1.89 bits per heavy atom. The number of carbonyl (C=O) groups excluding carboxylic acids is 1. The Hall–Kier alpha value is -2.43. The molecule has 0 spiro atoms. The number of carbonyl (C=O) groups is 1. The van der Waals surface area contributed by atoms with Gasteiger partial charge in [0.2, 0.25) is 0 Å². The quantitative estimate of drug-likeness (QED) is 0.701. The Morgan fingerprint density at radius 3 is 2.74 bits per heavy atom. The fraction of sp³-hybridized carbons (Fsp3) is 0.261. The smallest absolute Gasteiger partial charge is 0.279 e. The van der Waals surface area contributed by atoms with Gasteiger partial charge < -0.3 is 10.2 Å². The largest absolute Gasteiger partial charge is 0.321 e. The van der Waals surface area contributed by atoms with Crippen LogP contribution in [0.3, 0.4) is 0 Å². The predicted molar refractivity (Wildman–Crippen MR) is 111 cm³/mol. The maximum absolute atomic E-state index is 12.8. The van der Waals surface area contributed by atoms with E-state index in [0.717, 1.165) is 30.6 Å². The number of para-hydroxylation sites is 1. The summed E-state index contributed by atoms with van der Waals surface area (Å²) >= 11 is 1.84. The van der Waals surface area contributed by atoms with Crippen molar-refractivity contribution in [2.24, 2.45) is 0 Å². The van der Waals surface area contributed by atoms with Crippen LogP contribution >= 0.6 is 11.3 Å². The molecule has 3 nitrogen and oxygen atoms in total. The fourth-order valence-electron chi connectivity index (χ4n) is 3.90. The Labute approximate surface area is 164 Å². The average Bonchev–Trinajstić information content (AvgIpc) is 3.16. The van der Waals surface area contributed by atoms with Gasteiger partial charge in [0.15, 0.2) is 6.54 Å². The number of hydrogen-bond donors (Lipinski definition) is 2. The first-order chi connectivity index (χ1) is 13.2. The first-order valence-corrected chi connectivity index (χ1v) is 10.4. The zero-order valence-electron chi connectivity index (χ0n) is 15.6. The second-order valence-electron chi connectivity index (χ2n) is 7.22. The maximum atomic E-state index is 12.8. The van der Waals surface area contributed by atoms with Crippen molar-refractivity contribution in [3.63, 3.8) is 0 Å². The molecule has 27 heavy (non-hydrogen) atoms. The molecule has 2 N–H and O–H groups in total. The highest BCUT2D eigenvalue weighted by Crippen LogP contribution is 2.24. The molecule has 1 aromatic heterocycles. The highest BCUT2D eigenvalue weighted by Gasteiger charge is 2.29. The summed E-state index contributed by atoms with van der Waals surface area (Å²) in [6, 6.07) is 21.1. The molecule has 138 valence electrons. The molecule has 1 aliphatic heterocycles. The van der Waals surface area contributed by atoms with Crippen molar-refractivity contribution in [1.82, 2.24) is 0 Å². The normalized spacial score (nSPS) is 18.7. The summed E-state index contributed by atoms with van der Waals surface area (Å²) in [5, 5.41) is 5.33. The molecule has 2 atom stereocenters. The summed E-state index contributed by atoms with van der Waals surface area (Å²) in [5.74, 6) is 0.0936. The SMILES string of the molecule is C[C@@H]1c2ccsc2CC[NH+]1CC(=O)Nc1ccccc1Cc1ccccc1. The van der Waals surface area contributed by atoms with E-state index in [1.807, 2.05) is 35.6 Å². The van der Waals surface area contributed by atoms with Crippen LogP contribution in [0.5, 0.6) is 0 Å². The van der Waals surface area contributed by atoms with Gasteiger partial charge in [-0.05, 0) is 42.0 Å². The Kier molecular flexibility index (Phi) is 5.37. The highest BCUT2D eigenvalue weighted by atomic mass is 32.1. The lowest BCUT2D eigenvalue weighted by Gasteiger charge is -2.30. The van der Waals surface area contributed by atoms with Gasteiger partial charge in [-0.3, -0.25) is 4.79 Å². The van der Waals surface area contributed by atoms with E-state index in [-0.39, 0.29) is 5.91 Å². The monoisotopic (exact) mass is 377 g/mol. The predicted octanol–water partition coefficient (Wildman–Crippen LogP) is 3.48. The van der Waals surface area contributed by atoms with Crippen molar-refractivity contribution in [2.75, 3.05) is 18.4 Å². The number of amides is 1. The molecule has 1 aliphatic rings. The van der Waals surface area contributed by atoms with Gasteiger partial charge in [0.25, 0.3) is 5.91 Å². The van der Waals surface area contributed by atoms with E-state index in [4.69, 9.17) is 0 Å². The first-order valence-electron chi connectivity index (χ1n) is 9.53. The van der Waals surface area contributed by atoms with Crippen molar-refractivity contribution in [1.29, 1.82) is 0 Å². The van der Waals surface area contributed by atoms with Crippen molar-refractivity contribution in [3.05, 3.63) is 87.6 Å². The third kappa shape index (κ3) is 4.12. The molecule has 0 radical (unpaired) electrons. The number of quaternary nitrogens is 1. The number of hydrogen-bond acceptors (Lipinski definition) is 2. The molecule has 1 unspecified atom stereocenters. The van der Waals surface area contributed by atoms with Crippen LogP contribution in [-0.2, 0) is 17.6 Å². The first kappa shape index (κ1) is 18.0. The van der Waals surface area contributed by atoms with Crippen LogP contribution in [0.4, 0.5) is 5.69 Å². The number of fused-ring (bicyclic) bond motifs is 1. The molecule has 3 aromatic rings. The van der Waals surface area contributed by atoms with Crippen LogP contribution in [0.15, 0.2) is 66.0 Å². The Morgan fingerprint density at radius 1 is 1.11 bits per heavy atom. The summed E-state index contributed by atoms with van der Waals surface area (Å²) in [6.45, 7) is 3.76. The summed E-state index contributed by atoms with van der Waals surface area (Å²) < 4.78 is 0. The number of anilines is 1. The number of rotatable bonds is 5. The molecular formula is C23H25N2OS+. The Balaban J connectivity index is 1.43. The standard InChI is InChI=1S/C23H24N2OS/c1-17-20-12-14-27-22(20)11-13-25(17)16-23(26)24-21-10-6-5-9-19(21)15-18-7-3-2-4-8-18/h2-10,12,14,17H,11,13,15-16H2,1H3,(H,24,26)/p+1/t17-/m1/s1. The third-order valence-corrected chi connectivity index (χ3v) is 6.44. The Bertz CT molecular complexity index is 919. The third-order valence-electron chi connectivity index (χ3n) is 5.45. The lowest BCUT2D eigenvalue weighted by Crippen LogP contribution is -3.14. The molecule has 4 rings (SSSR count). The van der Waals surface area contributed by atoms with Crippen LogP contribution in [0, 0.1) is 0 Å². The second-order valence-corrected chi connectivity index (χ2v) is 8.22. The lowest BCUT2D eigenvalue weighted by molar-refractivity contribution is -0.923. The molecule has 2 aromatic carbocycles. The zero-order valence-corrected chi connectivity index (χ0v) is 16.4. The minimum Gasteiger partial charge on any atom is -0.321 e. The van der Waals surface area contributed by atoms with E-state index in [9.17, 15) is 4.79 Å². The summed E-state index contributed by atoms with van der Waals surface area (Å²) in [5.41, 5.74) is 4.74. The molecule has 0 saturated heterocycles. The topological polar surface area (TPSA) is 33.5 Å². The molecular weight excluding hydrogens is 352 g/mol. The van der Waals surface area contributed by atoms with Crippen molar-refractivity contribution in [2.45, 2.75) is 25.8 Å². The molecule has 0 aliphatic carbocycles. The van der Waals surface area contributed by atoms with E-state index in [2.05, 4.69) is 54.0 Å². The van der Waals surface area contributed by atoms with Crippen molar-refractivity contribution >= 4 is 22.9 Å². The fourth-order valence-corrected chi connectivity index (χ4v) is 4.88. The average molecular weight is 378 g/mol. The van der Waals surface area contributed by atoms with Gasteiger partial charge in [-0.25, -0.2) is 0 Å². The number of nitrogens with one attached hydrogen (secondary N) is 2. The summed E-state index contributed by atoms with van der Waals surface area (Å²) in [6.07, 6.45) is 1.90. The van der Waals surface area contributed by atoms with Crippen molar-refractivity contribution < 1.29 is 9.69 Å². The van der Waals surface area contributed by atoms with E-state index >= 15 is 0 Å². The zero-order chi connectivity index (χ0) is 18.6. The van der Waals surface area contributed by atoms with Crippen molar-refractivity contribution in [3.8, 4) is 0 Å². The molecule has 1 amide bonds. The van der Waals surface area contributed by atoms with Crippen LogP contribution in [0.2, 0.25) is 0 Å². The second kappa shape index (κ2) is 8.07. The molecule has 2 heterocycles. The molecule has 0 bridgehead atoms. The van der Waals surface area contributed by atoms with Crippen LogP contribution in [0.1, 0.15) is 34.5 Å². The number of thiophene rings is 1. The van der Waals surface area contributed by atoms with Crippen LogP contribution < -0.4 is 10.2 Å². The van der Waals surface area contributed by atoms with Gasteiger partial charge in [0.1, 0.15) is 6.04 Å². The van der Waals surface area contributed by atoms with E-state index < -0.39 is 0 Å². The van der Waals surface area contributed by atoms with Gasteiger partial charge >= 0.3 is 0 Å². The van der Waals surface area contributed by atoms with Gasteiger partial charge in [-0.15, -0.1) is 11.3 Å². The highest BCUT2D eigenvalue weighted by molar-refractivity contribution is 7.10. The van der Waals surface area contributed by atoms with Gasteiger partial charge in [-0.2, -0.15) is 0 Å².